The van der Waals surface area contributed by atoms with Gasteiger partial charge < -0.3 is 14.8 Å². The molecule has 0 spiro atoms. The lowest BCUT2D eigenvalue weighted by molar-refractivity contribution is 0.102. The van der Waals surface area contributed by atoms with Crippen molar-refractivity contribution in [2.24, 2.45) is 0 Å². The van der Waals surface area contributed by atoms with E-state index in [1.54, 1.807) is 31.0 Å². The highest BCUT2D eigenvalue weighted by Crippen LogP contribution is 2.27. The van der Waals surface area contributed by atoms with Crippen LogP contribution < -0.4 is 14.8 Å². The average Bonchev–Trinajstić information content (AvgIpc) is 2.73. The minimum Gasteiger partial charge on any atom is -0.496 e. The van der Waals surface area contributed by atoms with Gasteiger partial charge in [0.25, 0.3) is 5.91 Å². The van der Waals surface area contributed by atoms with Gasteiger partial charge in [0, 0.05) is 16.0 Å². The predicted molar refractivity (Wildman–Crippen MR) is 115 cm³/mol. The fourth-order valence-corrected chi connectivity index (χ4v) is 3.40. The molecule has 0 bridgehead atoms. The Morgan fingerprint density at radius 2 is 1.75 bits per heavy atom. The van der Waals surface area contributed by atoms with Crippen LogP contribution in [0.25, 0.3) is 0 Å². The molecule has 0 aliphatic carbocycles. The number of carbonyl (C=O) groups is 1. The van der Waals surface area contributed by atoms with E-state index in [0.717, 1.165) is 27.5 Å². The molecule has 5 heteroatoms. The van der Waals surface area contributed by atoms with Crippen LogP contribution in [0.4, 0.5) is 5.69 Å². The van der Waals surface area contributed by atoms with Gasteiger partial charge >= 0.3 is 0 Å². The van der Waals surface area contributed by atoms with Crippen LogP contribution in [0.5, 0.6) is 11.5 Å². The molecular weight excluding hydrogens is 370 g/mol. The summed E-state index contributed by atoms with van der Waals surface area (Å²) in [5.41, 5.74) is 3.23. The molecular formula is C23H23NO3S. The van der Waals surface area contributed by atoms with Crippen LogP contribution in [0.15, 0.2) is 71.6 Å². The number of thioether (sulfide) groups is 1. The molecule has 0 saturated carbocycles. The topological polar surface area (TPSA) is 47.6 Å². The fourth-order valence-electron chi connectivity index (χ4n) is 2.85. The first kappa shape index (κ1) is 19.8. The van der Waals surface area contributed by atoms with Gasteiger partial charge in [0.05, 0.1) is 12.8 Å². The van der Waals surface area contributed by atoms with Crippen molar-refractivity contribution in [2.75, 3.05) is 18.7 Å². The zero-order valence-corrected chi connectivity index (χ0v) is 17.0. The highest BCUT2D eigenvalue weighted by Gasteiger charge is 2.13. The van der Waals surface area contributed by atoms with Crippen molar-refractivity contribution in [3.63, 3.8) is 0 Å². The molecule has 0 radical (unpaired) electrons. The summed E-state index contributed by atoms with van der Waals surface area (Å²) in [6.45, 7) is 2.32. The molecule has 1 amide bonds. The Morgan fingerprint density at radius 1 is 1.00 bits per heavy atom. The number of anilines is 1. The van der Waals surface area contributed by atoms with E-state index < -0.39 is 0 Å². The van der Waals surface area contributed by atoms with Crippen LogP contribution in [0.2, 0.25) is 0 Å². The van der Waals surface area contributed by atoms with Crippen LogP contribution in [-0.2, 0) is 6.61 Å². The third-order valence-corrected chi connectivity index (χ3v) is 5.17. The number of methoxy groups -OCH3 is 1. The SMILES string of the molecule is COc1ccc(C(=O)Nc2ccccc2SC)cc1COc1ccccc1C. The fraction of sp³-hybridized carbons (Fsp3) is 0.174. The number of benzene rings is 3. The maximum atomic E-state index is 12.8. The van der Waals surface area contributed by atoms with Crippen LogP contribution in [0, 0.1) is 6.92 Å². The molecule has 0 saturated heterocycles. The Balaban J connectivity index is 1.80. The quantitative estimate of drug-likeness (QED) is 0.534. The van der Waals surface area contributed by atoms with Crippen molar-refractivity contribution in [1.82, 2.24) is 0 Å². The number of hydrogen-bond acceptors (Lipinski definition) is 4. The van der Waals surface area contributed by atoms with E-state index in [-0.39, 0.29) is 5.91 Å². The number of aryl methyl sites for hydroxylation is 1. The summed E-state index contributed by atoms with van der Waals surface area (Å²) in [4.78, 5) is 13.8. The lowest BCUT2D eigenvalue weighted by atomic mass is 10.1. The van der Waals surface area contributed by atoms with Gasteiger partial charge in [-0.1, -0.05) is 30.3 Å². The van der Waals surface area contributed by atoms with E-state index in [0.29, 0.717) is 17.9 Å². The lowest BCUT2D eigenvalue weighted by Crippen LogP contribution is -2.13. The molecule has 0 aliphatic rings. The average molecular weight is 394 g/mol. The first-order valence-corrected chi connectivity index (χ1v) is 10.1. The zero-order valence-electron chi connectivity index (χ0n) is 16.2. The Labute approximate surface area is 169 Å². The Bertz CT molecular complexity index is 972. The van der Waals surface area contributed by atoms with E-state index in [2.05, 4.69) is 5.32 Å². The van der Waals surface area contributed by atoms with E-state index in [1.807, 2.05) is 67.8 Å². The molecule has 0 aromatic heterocycles. The number of rotatable bonds is 7. The smallest absolute Gasteiger partial charge is 0.255 e. The summed E-state index contributed by atoms with van der Waals surface area (Å²) in [6, 6.07) is 20.9. The monoisotopic (exact) mass is 393 g/mol. The van der Waals surface area contributed by atoms with E-state index in [4.69, 9.17) is 9.47 Å². The molecule has 4 nitrogen and oxygen atoms in total. The number of carbonyl (C=O) groups excluding carboxylic acids is 1. The van der Waals surface area contributed by atoms with Crippen molar-refractivity contribution in [3.8, 4) is 11.5 Å². The molecule has 3 aromatic rings. The van der Waals surface area contributed by atoms with E-state index in [9.17, 15) is 4.79 Å². The molecule has 1 N–H and O–H groups in total. The third kappa shape index (κ3) is 4.67. The molecule has 0 fully saturated rings. The molecule has 144 valence electrons. The first-order chi connectivity index (χ1) is 13.6. The van der Waals surface area contributed by atoms with Gasteiger partial charge in [0.1, 0.15) is 18.1 Å². The molecule has 3 rings (SSSR count). The Kier molecular flexibility index (Phi) is 6.61. The van der Waals surface area contributed by atoms with Crippen molar-refractivity contribution in [1.29, 1.82) is 0 Å². The van der Waals surface area contributed by atoms with Crippen LogP contribution in [0.3, 0.4) is 0 Å². The van der Waals surface area contributed by atoms with Crippen molar-refractivity contribution < 1.29 is 14.3 Å². The molecule has 0 heterocycles. The number of ether oxygens (including phenoxy) is 2. The molecule has 28 heavy (non-hydrogen) atoms. The van der Waals surface area contributed by atoms with Crippen molar-refractivity contribution in [2.45, 2.75) is 18.4 Å². The summed E-state index contributed by atoms with van der Waals surface area (Å²) in [5.74, 6) is 1.34. The van der Waals surface area contributed by atoms with Gasteiger partial charge in [0.2, 0.25) is 0 Å². The number of para-hydroxylation sites is 2. The third-order valence-electron chi connectivity index (χ3n) is 4.37. The summed E-state index contributed by atoms with van der Waals surface area (Å²) in [5, 5.41) is 2.98. The van der Waals surface area contributed by atoms with Crippen molar-refractivity contribution >= 4 is 23.4 Å². The molecule has 0 atom stereocenters. The Hall–Kier alpha value is -2.92. The van der Waals surface area contributed by atoms with Gasteiger partial charge in [-0.25, -0.2) is 0 Å². The Morgan fingerprint density at radius 3 is 2.50 bits per heavy atom. The second-order valence-corrected chi connectivity index (χ2v) is 7.08. The standard InChI is InChI=1S/C23H23NO3S/c1-16-8-4-6-10-20(16)27-15-18-14-17(12-13-21(18)26-2)23(25)24-19-9-5-7-11-22(19)28-3/h4-14H,15H2,1-3H3,(H,24,25). The highest BCUT2D eigenvalue weighted by atomic mass is 32.2. The highest BCUT2D eigenvalue weighted by molar-refractivity contribution is 7.98. The van der Waals surface area contributed by atoms with E-state index >= 15 is 0 Å². The van der Waals surface area contributed by atoms with Gasteiger partial charge in [-0.15, -0.1) is 11.8 Å². The second-order valence-electron chi connectivity index (χ2n) is 6.24. The number of hydrogen-bond donors (Lipinski definition) is 1. The van der Waals surface area contributed by atoms with Crippen LogP contribution in [0.1, 0.15) is 21.5 Å². The van der Waals surface area contributed by atoms with Gasteiger partial charge in [-0.05, 0) is 55.1 Å². The number of amides is 1. The lowest BCUT2D eigenvalue weighted by Gasteiger charge is -2.14. The van der Waals surface area contributed by atoms with Gasteiger partial charge in [-0.3, -0.25) is 4.79 Å². The largest absolute Gasteiger partial charge is 0.496 e. The maximum Gasteiger partial charge on any atom is 0.255 e. The summed E-state index contributed by atoms with van der Waals surface area (Å²) >= 11 is 1.59. The minimum absolute atomic E-state index is 0.165. The second kappa shape index (κ2) is 9.33. The van der Waals surface area contributed by atoms with Crippen molar-refractivity contribution in [3.05, 3.63) is 83.4 Å². The van der Waals surface area contributed by atoms with E-state index in [1.165, 1.54) is 0 Å². The molecule has 0 unspecified atom stereocenters. The summed E-state index contributed by atoms with van der Waals surface area (Å²) < 4.78 is 11.4. The molecule has 3 aromatic carbocycles. The van der Waals surface area contributed by atoms with Gasteiger partial charge in [0.15, 0.2) is 0 Å². The first-order valence-electron chi connectivity index (χ1n) is 8.92. The number of nitrogens with one attached hydrogen (secondary N) is 1. The normalized spacial score (nSPS) is 10.4. The molecule has 0 aliphatic heterocycles. The minimum atomic E-state index is -0.165. The van der Waals surface area contributed by atoms with Crippen LogP contribution >= 0.6 is 11.8 Å². The summed E-state index contributed by atoms with van der Waals surface area (Å²) in [6.07, 6.45) is 1.99. The zero-order chi connectivity index (χ0) is 19.9. The van der Waals surface area contributed by atoms with Gasteiger partial charge in [-0.2, -0.15) is 0 Å². The summed E-state index contributed by atoms with van der Waals surface area (Å²) in [7, 11) is 1.61. The van der Waals surface area contributed by atoms with Crippen LogP contribution in [-0.4, -0.2) is 19.3 Å². The maximum absolute atomic E-state index is 12.8. The predicted octanol–water partition coefficient (Wildman–Crippen LogP) is 5.56.